The van der Waals surface area contributed by atoms with E-state index >= 15 is 0 Å². The van der Waals surface area contributed by atoms with Crippen molar-refractivity contribution < 1.29 is 64.3 Å². The molecule has 1 saturated carbocycles. The highest BCUT2D eigenvalue weighted by Crippen LogP contribution is 2.26. The van der Waals surface area contributed by atoms with E-state index < -0.39 is 7.82 Å². The quantitative estimate of drug-likeness (QED) is 0.0272. The summed E-state index contributed by atoms with van der Waals surface area (Å²) in [5, 5.41) is 29.1. The zero-order valence-corrected chi connectivity index (χ0v) is 25.1. The zero-order valence-electron chi connectivity index (χ0n) is 24.2. The standard InChI is InChI=1S/C26H50O9.H3O4P/c1-3-4-5-6-7-8-9-10-11-12-13-14-15-16-17-19-22-25(2)27-29-31-33-35-34-32-30-28-26-23-20-18-21-24-26;1-5(2,3)4/h26H,2-24H2,1H3;(H3,1,2,3,4). The summed E-state index contributed by atoms with van der Waals surface area (Å²) in [6.45, 7) is 6.02. The van der Waals surface area contributed by atoms with Gasteiger partial charge in [0.15, 0.2) is 0 Å². The molecule has 1 fully saturated rings. The van der Waals surface area contributed by atoms with Gasteiger partial charge in [0, 0.05) is 26.6 Å². The van der Waals surface area contributed by atoms with E-state index in [2.05, 4.69) is 48.8 Å². The number of phosphoric acid groups is 1. The molecule has 0 radical (unpaired) electrons. The topological polar surface area (TPSA) is 161 Å². The fourth-order valence-corrected chi connectivity index (χ4v) is 4.26. The lowest BCUT2D eigenvalue weighted by molar-refractivity contribution is -0.831. The summed E-state index contributed by atoms with van der Waals surface area (Å²) in [4.78, 5) is 31.3. The molecule has 0 amide bonds. The van der Waals surface area contributed by atoms with E-state index in [1.54, 1.807) is 0 Å². The van der Waals surface area contributed by atoms with Crippen molar-refractivity contribution in [2.45, 2.75) is 154 Å². The SMILES string of the molecule is C=C(CCCCCCCCCCCCCCCCCC)OOOOOOOOOC1CCCCC1.O=P(O)(O)O. The minimum atomic E-state index is -4.64. The Kier molecular flexibility index (Phi) is 29.3. The van der Waals surface area contributed by atoms with Crippen LogP contribution in [0.5, 0.6) is 0 Å². The summed E-state index contributed by atoms with van der Waals surface area (Å²) in [6.07, 6.45) is 27.2. The average Bonchev–Trinajstić information content (AvgIpc) is 2.91. The molecule has 1 aliphatic carbocycles. The van der Waals surface area contributed by atoms with E-state index in [-0.39, 0.29) is 6.10 Å². The number of hydrogen-bond donors (Lipinski definition) is 3. The van der Waals surface area contributed by atoms with E-state index in [0.29, 0.717) is 12.2 Å². The third kappa shape index (κ3) is 35.4. The molecule has 1 rings (SSSR count). The fraction of sp³-hybridized carbons (Fsp3) is 0.923. The van der Waals surface area contributed by atoms with Gasteiger partial charge in [0.1, 0.15) is 5.76 Å². The molecule has 14 heteroatoms. The van der Waals surface area contributed by atoms with E-state index in [4.69, 9.17) is 29.0 Å². The van der Waals surface area contributed by atoms with Crippen LogP contribution >= 0.6 is 7.82 Å². The Morgan fingerprint density at radius 2 is 1.00 bits per heavy atom. The van der Waals surface area contributed by atoms with Crippen LogP contribution in [0.4, 0.5) is 0 Å². The molecule has 3 N–H and O–H groups in total. The molecule has 40 heavy (non-hydrogen) atoms. The average molecular weight is 605 g/mol. The maximum atomic E-state index is 8.88. The highest BCUT2D eigenvalue weighted by atomic mass is 31.2. The lowest BCUT2D eigenvalue weighted by atomic mass is 9.98. The number of allylic oxidation sites excluding steroid dienone is 1. The Labute approximate surface area is 239 Å². The van der Waals surface area contributed by atoms with Gasteiger partial charge >= 0.3 is 7.82 Å². The van der Waals surface area contributed by atoms with E-state index in [1.165, 1.54) is 96.3 Å². The Hall–Kier alpha value is -0.670. The first-order chi connectivity index (χ1) is 19.3. The van der Waals surface area contributed by atoms with Gasteiger partial charge in [0.05, 0.1) is 6.10 Å². The lowest BCUT2D eigenvalue weighted by Gasteiger charge is -2.18. The summed E-state index contributed by atoms with van der Waals surface area (Å²) in [7, 11) is -4.64. The first kappa shape index (κ1) is 39.3. The van der Waals surface area contributed by atoms with Gasteiger partial charge in [-0.25, -0.2) is 9.45 Å². The number of hydrogen-bond acceptors (Lipinski definition) is 10. The van der Waals surface area contributed by atoms with E-state index in [1.807, 2.05) is 0 Å². The molecule has 13 nitrogen and oxygen atoms in total. The van der Waals surface area contributed by atoms with Crippen LogP contribution in [-0.4, -0.2) is 20.8 Å². The fourth-order valence-electron chi connectivity index (χ4n) is 4.26. The third-order valence-electron chi connectivity index (χ3n) is 6.36. The van der Waals surface area contributed by atoms with Crippen LogP contribution in [0.3, 0.4) is 0 Å². The Morgan fingerprint density at radius 1 is 0.625 bits per heavy atom. The van der Waals surface area contributed by atoms with Crippen LogP contribution < -0.4 is 0 Å². The summed E-state index contributed by atoms with van der Waals surface area (Å²) >= 11 is 0. The van der Waals surface area contributed by atoms with Gasteiger partial charge in [-0.3, -0.25) is 0 Å². The van der Waals surface area contributed by atoms with Crippen LogP contribution in [0.2, 0.25) is 0 Å². The second kappa shape index (κ2) is 29.8. The van der Waals surface area contributed by atoms with Crippen LogP contribution in [0.1, 0.15) is 148 Å². The predicted molar refractivity (Wildman–Crippen MR) is 144 cm³/mol. The molecule has 0 atom stereocenters. The predicted octanol–water partition coefficient (Wildman–Crippen LogP) is 8.03. The summed E-state index contributed by atoms with van der Waals surface area (Å²) in [5.41, 5.74) is 0. The molecule has 0 aliphatic heterocycles. The van der Waals surface area contributed by atoms with Gasteiger partial charge in [-0.05, 0) is 34.4 Å². The minimum Gasteiger partial charge on any atom is -0.311 e. The van der Waals surface area contributed by atoms with Crippen LogP contribution in [0.25, 0.3) is 0 Å². The molecule has 0 saturated heterocycles. The lowest BCUT2D eigenvalue weighted by Crippen LogP contribution is -2.17. The molecule has 240 valence electrons. The monoisotopic (exact) mass is 604 g/mol. The molecule has 0 aromatic carbocycles. The molecule has 0 spiro atoms. The molecule has 0 heterocycles. The van der Waals surface area contributed by atoms with E-state index in [0.717, 1.165) is 38.5 Å². The summed E-state index contributed by atoms with van der Waals surface area (Å²) in [5.74, 6) is 0.431. The van der Waals surface area contributed by atoms with Gasteiger partial charge in [0.25, 0.3) is 0 Å². The first-order valence-electron chi connectivity index (χ1n) is 14.8. The molecule has 0 bridgehead atoms. The van der Waals surface area contributed by atoms with Crippen LogP contribution in [0.15, 0.2) is 12.3 Å². The summed E-state index contributed by atoms with van der Waals surface area (Å²) < 4.78 is 8.88. The normalized spacial score (nSPS) is 14.1. The molecule has 0 aromatic heterocycles. The third-order valence-corrected chi connectivity index (χ3v) is 6.36. The van der Waals surface area contributed by atoms with Gasteiger partial charge in [0.2, 0.25) is 0 Å². The maximum absolute atomic E-state index is 8.88. The molecule has 0 unspecified atom stereocenters. The van der Waals surface area contributed by atoms with Gasteiger partial charge in [-0.1, -0.05) is 129 Å². The first-order valence-corrected chi connectivity index (χ1v) is 16.4. The Morgan fingerprint density at radius 3 is 1.45 bits per heavy atom. The Bertz CT molecular complexity index is 577. The highest BCUT2D eigenvalue weighted by molar-refractivity contribution is 7.45. The zero-order chi connectivity index (χ0) is 29.6. The number of unbranched alkanes of at least 4 members (excludes halogenated alkanes) is 15. The van der Waals surface area contributed by atoms with Crippen molar-refractivity contribution in [1.82, 2.24) is 0 Å². The van der Waals surface area contributed by atoms with Crippen molar-refractivity contribution >= 4 is 7.82 Å². The molecular weight excluding hydrogens is 551 g/mol. The second-order valence-electron chi connectivity index (χ2n) is 10.0. The van der Waals surface area contributed by atoms with Crippen molar-refractivity contribution in [2.24, 2.45) is 0 Å². The van der Waals surface area contributed by atoms with Gasteiger partial charge < -0.3 is 19.6 Å². The number of rotatable bonds is 27. The van der Waals surface area contributed by atoms with Crippen molar-refractivity contribution in [2.75, 3.05) is 0 Å². The molecular formula is C26H53O13P. The van der Waals surface area contributed by atoms with Gasteiger partial charge in [-0.15, -0.1) is 0 Å². The summed E-state index contributed by atoms with van der Waals surface area (Å²) in [6, 6.07) is 0. The molecule has 0 aromatic rings. The van der Waals surface area contributed by atoms with Gasteiger partial charge in [-0.2, -0.15) is 0 Å². The van der Waals surface area contributed by atoms with Crippen LogP contribution in [-0.2, 0) is 49.6 Å². The smallest absolute Gasteiger partial charge is 0.311 e. The van der Waals surface area contributed by atoms with E-state index in [9.17, 15) is 0 Å². The molecule has 1 aliphatic rings. The van der Waals surface area contributed by atoms with Crippen molar-refractivity contribution in [1.29, 1.82) is 0 Å². The van der Waals surface area contributed by atoms with Crippen molar-refractivity contribution in [3.05, 3.63) is 12.3 Å². The van der Waals surface area contributed by atoms with Crippen molar-refractivity contribution in [3.8, 4) is 0 Å². The largest absolute Gasteiger partial charge is 0.466 e. The van der Waals surface area contributed by atoms with Crippen molar-refractivity contribution in [3.63, 3.8) is 0 Å². The maximum Gasteiger partial charge on any atom is 0.466 e. The van der Waals surface area contributed by atoms with Crippen LogP contribution in [0, 0.1) is 0 Å². The minimum absolute atomic E-state index is 0.0124. The highest BCUT2D eigenvalue weighted by Gasteiger charge is 2.15. The Balaban J connectivity index is 0.00000277. The second-order valence-corrected chi connectivity index (χ2v) is 11.0.